The molecule has 0 saturated heterocycles. The molecule has 0 fully saturated rings. The van der Waals surface area contributed by atoms with E-state index in [0.717, 1.165) is 19.3 Å². The van der Waals surface area contributed by atoms with E-state index in [0.29, 0.717) is 5.92 Å². The Kier molecular flexibility index (Phi) is 5.08. The van der Waals surface area contributed by atoms with E-state index in [-0.39, 0.29) is 0 Å². The van der Waals surface area contributed by atoms with E-state index in [1.165, 1.54) is 80.0 Å². The number of thioether (sulfide) groups is 1. The zero-order chi connectivity index (χ0) is 24.3. The molecule has 3 aliphatic carbocycles. The molecular formula is C36H30S. The summed E-state index contributed by atoms with van der Waals surface area (Å²) in [7, 11) is 0. The van der Waals surface area contributed by atoms with Gasteiger partial charge in [0.25, 0.3) is 0 Å². The number of allylic oxidation sites excluding steroid dienone is 8. The maximum atomic E-state index is 2.51. The third-order valence-electron chi connectivity index (χ3n) is 8.89. The first-order valence-corrected chi connectivity index (χ1v) is 14.7. The Balaban J connectivity index is 1.24. The zero-order valence-electron chi connectivity index (χ0n) is 21.1. The van der Waals surface area contributed by atoms with Gasteiger partial charge < -0.3 is 0 Å². The molecule has 1 heterocycles. The largest absolute Gasteiger partial charge is 0.0929 e. The van der Waals surface area contributed by atoms with Gasteiger partial charge in [-0.3, -0.25) is 0 Å². The lowest BCUT2D eigenvalue weighted by Gasteiger charge is -2.24. The molecule has 0 nitrogen and oxygen atoms in total. The second-order valence-electron chi connectivity index (χ2n) is 10.9. The first-order valence-electron chi connectivity index (χ1n) is 13.9. The van der Waals surface area contributed by atoms with Gasteiger partial charge in [0, 0.05) is 15.7 Å². The summed E-state index contributed by atoms with van der Waals surface area (Å²) < 4.78 is 0. The fraction of sp³-hybridized carbons (Fsp3) is 0.222. The number of benzene rings is 4. The monoisotopic (exact) mass is 494 g/mol. The van der Waals surface area contributed by atoms with Gasteiger partial charge in [-0.2, -0.15) is 0 Å². The van der Waals surface area contributed by atoms with Crippen LogP contribution >= 0.6 is 11.8 Å². The SMILES string of the molecule is C1=CC(C2=CC(c3ccc4c(c3)c3c(c5ccccc54)CCCC3)=CCC2)=C2Sc3ccccc3C2C1. The number of hydrogen-bond donors (Lipinski definition) is 0. The fourth-order valence-electron chi connectivity index (χ4n) is 7.14. The maximum Gasteiger partial charge on any atom is 0.0205 e. The fourth-order valence-corrected chi connectivity index (χ4v) is 8.53. The van der Waals surface area contributed by atoms with Crippen molar-refractivity contribution >= 4 is 38.9 Å². The molecule has 1 aliphatic heterocycles. The summed E-state index contributed by atoms with van der Waals surface area (Å²) in [6.45, 7) is 0. The van der Waals surface area contributed by atoms with Crippen LogP contribution in [0.1, 0.15) is 60.3 Å². The number of fused-ring (bicyclic) bond motifs is 9. The number of aryl methyl sites for hydroxylation is 2. The molecule has 0 amide bonds. The summed E-state index contributed by atoms with van der Waals surface area (Å²) in [6.07, 6.45) is 18.2. The Morgan fingerprint density at radius 3 is 2.43 bits per heavy atom. The highest BCUT2D eigenvalue weighted by molar-refractivity contribution is 8.03. The average molecular weight is 495 g/mol. The highest BCUT2D eigenvalue weighted by Gasteiger charge is 2.32. The van der Waals surface area contributed by atoms with Crippen molar-refractivity contribution in [2.75, 3.05) is 0 Å². The first-order chi connectivity index (χ1) is 18.3. The minimum absolute atomic E-state index is 0.539. The Morgan fingerprint density at radius 2 is 1.51 bits per heavy atom. The molecule has 4 aromatic carbocycles. The van der Waals surface area contributed by atoms with Crippen molar-refractivity contribution in [2.24, 2.45) is 0 Å². The Labute approximate surface area is 223 Å². The molecular weight excluding hydrogens is 464 g/mol. The summed E-state index contributed by atoms with van der Waals surface area (Å²) >= 11 is 2.01. The molecule has 37 heavy (non-hydrogen) atoms. The maximum absolute atomic E-state index is 2.51. The summed E-state index contributed by atoms with van der Waals surface area (Å²) in [6, 6.07) is 25.3. The molecule has 0 bridgehead atoms. The van der Waals surface area contributed by atoms with E-state index in [2.05, 4.69) is 91.0 Å². The topological polar surface area (TPSA) is 0 Å². The predicted octanol–water partition coefficient (Wildman–Crippen LogP) is 10.1. The smallest absolute Gasteiger partial charge is 0.0205 e. The summed E-state index contributed by atoms with van der Waals surface area (Å²) in [5.41, 5.74) is 10.5. The molecule has 4 aromatic rings. The van der Waals surface area contributed by atoms with E-state index in [9.17, 15) is 0 Å². The molecule has 4 aliphatic rings. The molecule has 0 aromatic heterocycles. The van der Waals surface area contributed by atoms with Gasteiger partial charge in [-0.1, -0.05) is 90.7 Å². The molecule has 0 N–H and O–H groups in total. The average Bonchev–Trinajstić information content (AvgIpc) is 3.36. The van der Waals surface area contributed by atoms with Gasteiger partial charge in [0.15, 0.2) is 0 Å². The summed E-state index contributed by atoms with van der Waals surface area (Å²) in [5.74, 6) is 0.539. The third-order valence-corrected chi connectivity index (χ3v) is 10.2. The van der Waals surface area contributed by atoms with Crippen molar-refractivity contribution < 1.29 is 0 Å². The van der Waals surface area contributed by atoms with Gasteiger partial charge in [-0.15, -0.1) is 0 Å². The van der Waals surface area contributed by atoms with Gasteiger partial charge in [0.2, 0.25) is 0 Å². The molecule has 1 heteroatoms. The molecule has 0 radical (unpaired) electrons. The van der Waals surface area contributed by atoms with Crippen LogP contribution in [0.5, 0.6) is 0 Å². The van der Waals surface area contributed by atoms with Crippen molar-refractivity contribution in [1.29, 1.82) is 0 Å². The van der Waals surface area contributed by atoms with E-state index < -0.39 is 0 Å². The minimum atomic E-state index is 0.539. The molecule has 180 valence electrons. The van der Waals surface area contributed by atoms with E-state index in [1.54, 1.807) is 16.0 Å². The van der Waals surface area contributed by atoms with Crippen molar-refractivity contribution in [2.45, 2.75) is 55.8 Å². The highest BCUT2D eigenvalue weighted by Crippen LogP contribution is 2.54. The van der Waals surface area contributed by atoms with E-state index >= 15 is 0 Å². The highest BCUT2D eigenvalue weighted by atomic mass is 32.2. The van der Waals surface area contributed by atoms with Crippen LogP contribution in [0.15, 0.2) is 112 Å². The second kappa shape index (κ2) is 8.64. The Morgan fingerprint density at radius 1 is 0.730 bits per heavy atom. The lowest BCUT2D eigenvalue weighted by molar-refractivity contribution is 0.694. The Hall–Kier alpha value is -3.29. The molecule has 0 spiro atoms. The van der Waals surface area contributed by atoms with Crippen molar-refractivity contribution in [3.63, 3.8) is 0 Å². The number of hydrogen-bond acceptors (Lipinski definition) is 1. The normalized spacial score (nSPS) is 20.5. The molecule has 1 atom stereocenters. The van der Waals surface area contributed by atoms with Gasteiger partial charge >= 0.3 is 0 Å². The van der Waals surface area contributed by atoms with Crippen LogP contribution < -0.4 is 0 Å². The van der Waals surface area contributed by atoms with Crippen LogP contribution in [0.25, 0.3) is 27.1 Å². The van der Waals surface area contributed by atoms with Gasteiger partial charge in [-0.05, 0) is 118 Å². The van der Waals surface area contributed by atoms with Crippen molar-refractivity contribution in [1.82, 2.24) is 0 Å². The standard InChI is InChI=1S/C36H30S/c1-2-13-29-27(11-1)28-12-3-4-14-30(28)34-22-24(19-20-31(29)34)23-9-7-10-25(21-23)26-16-8-17-33-32-15-5-6-18-35(32)37-36(26)33/h1-2,5-6,8-9,11,13,15-16,18-22,33H,3-4,7,10,12,14,17H2. The summed E-state index contributed by atoms with van der Waals surface area (Å²) in [5, 5.41) is 5.79. The van der Waals surface area contributed by atoms with Crippen LogP contribution in [-0.4, -0.2) is 0 Å². The molecule has 0 saturated carbocycles. The quantitative estimate of drug-likeness (QED) is 0.250. The van der Waals surface area contributed by atoms with Gasteiger partial charge in [0.1, 0.15) is 0 Å². The van der Waals surface area contributed by atoms with Crippen LogP contribution in [-0.2, 0) is 12.8 Å². The van der Waals surface area contributed by atoms with Crippen LogP contribution in [0, 0.1) is 0 Å². The summed E-state index contributed by atoms with van der Waals surface area (Å²) in [4.78, 5) is 3.01. The minimum Gasteiger partial charge on any atom is -0.0929 e. The Bertz CT molecular complexity index is 1720. The molecule has 8 rings (SSSR count). The van der Waals surface area contributed by atoms with Crippen molar-refractivity contribution in [3.8, 4) is 0 Å². The predicted molar refractivity (Wildman–Crippen MR) is 159 cm³/mol. The van der Waals surface area contributed by atoms with Gasteiger partial charge in [0.05, 0.1) is 0 Å². The third kappa shape index (κ3) is 3.44. The van der Waals surface area contributed by atoms with Crippen LogP contribution in [0.2, 0.25) is 0 Å². The van der Waals surface area contributed by atoms with E-state index in [1.807, 2.05) is 11.8 Å². The first kappa shape index (κ1) is 21.8. The second-order valence-corrected chi connectivity index (χ2v) is 12.0. The van der Waals surface area contributed by atoms with Gasteiger partial charge in [-0.25, -0.2) is 0 Å². The van der Waals surface area contributed by atoms with E-state index in [4.69, 9.17) is 0 Å². The van der Waals surface area contributed by atoms with Crippen LogP contribution in [0.4, 0.5) is 0 Å². The lowest BCUT2D eigenvalue weighted by Crippen LogP contribution is -2.05. The van der Waals surface area contributed by atoms with Crippen LogP contribution in [0.3, 0.4) is 0 Å². The molecule has 1 unspecified atom stereocenters. The zero-order valence-corrected chi connectivity index (χ0v) is 21.9. The number of rotatable bonds is 2. The van der Waals surface area contributed by atoms with Crippen molar-refractivity contribution in [3.05, 3.63) is 129 Å². The lowest BCUT2D eigenvalue weighted by atomic mass is 9.81.